The third-order valence-electron chi connectivity index (χ3n) is 1.32. The van der Waals surface area contributed by atoms with Crippen molar-refractivity contribution in [2.45, 2.75) is 19.6 Å². The maximum atomic E-state index is 8.92. The van der Waals surface area contributed by atoms with Gasteiger partial charge in [0.05, 0.1) is 6.10 Å². The molecule has 1 aromatic rings. The third-order valence-corrected chi connectivity index (χ3v) is 2.20. The van der Waals surface area contributed by atoms with Crippen LogP contribution in [-0.2, 0) is 6.54 Å². The highest BCUT2D eigenvalue weighted by atomic mass is 32.1. The Labute approximate surface area is 70.9 Å². The highest BCUT2D eigenvalue weighted by Gasteiger charge is 1.95. The molecule has 0 aliphatic rings. The molecule has 3 heteroatoms. The van der Waals surface area contributed by atoms with Crippen LogP contribution in [0.3, 0.4) is 0 Å². The molecule has 0 unspecified atom stereocenters. The Bertz CT molecular complexity index is 184. The van der Waals surface area contributed by atoms with E-state index < -0.39 is 0 Å². The molecule has 0 aromatic carbocycles. The summed E-state index contributed by atoms with van der Waals surface area (Å²) in [6.45, 7) is 3.31. The van der Waals surface area contributed by atoms with Crippen molar-refractivity contribution in [2.24, 2.45) is 0 Å². The molecule has 0 saturated carbocycles. The number of rotatable bonds is 4. The highest BCUT2D eigenvalue weighted by Crippen LogP contribution is 2.06. The Hall–Kier alpha value is -0.380. The lowest BCUT2D eigenvalue weighted by Gasteiger charge is -2.04. The number of thiophene rings is 1. The van der Waals surface area contributed by atoms with Crippen molar-refractivity contribution >= 4 is 11.3 Å². The van der Waals surface area contributed by atoms with Crippen LogP contribution in [0, 0.1) is 0 Å². The van der Waals surface area contributed by atoms with Crippen LogP contribution in [0.4, 0.5) is 0 Å². The Morgan fingerprint density at radius 1 is 1.73 bits per heavy atom. The van der Waals surface area contributed by atoms with Gasteiger partial charge in [-0.05, 0) is 18.4 Å². The minimum atomic E-state index is -0.255. The summed E-state index contributed by atoms with van der Waals surface area (Å²) in [7, 11) is 0. The van der Waals surface area contributed by atoms with Gasteiger partial charge in [-0.3, -0.25) is 0 Å². The first kappa shape index (κ1) is 8.71. The average Bonchev–Trinajstić information content (AvgIpc) is 2.39. The summed E-state index contributed by atoms with van der Waals surface area (Å²) in [5.74, 6) is 0. The SMILES string of the molecule is C[C@H](O)CNCc1cccs1. The lowest BCUT2D eigenvalue weighted by atomic mass is 10.4. The van der Waals surface area contributed by atoms with Crippen LogP contribution >= 0.6 is 11.3 Å². The molecule has 0 radical (unpaired) electrons. The van der Waals surface area contributed by atoms with Gasteiger partial charge in [0.15, 0.2) is 0 Å². The van der Waals surface area contributed by atoms with Crippen LogP contribution in [0.1, 0.15) is 11.8 Å². The first-order valence-corrected chi connectivity index (χ1v) is 4.58. The minimum absolute atomic E-state index is 0.255. The minimum Gasteiger partial charge on any atom is -0.392 e. The molecular weight excluding hydrogens is 158 g/mol. The van der Waals surface area contributed by atoms with E-state index in [4.69, 9.17) is 5.11 Å². The third kappa shape index (κ3) is 3.51. The molecule has 1 rings (SSSR count). The Balaban J connectivity index is 2.14. The standard InChI is InChI=1S/C8H13NOS/c1-7(10)5-9-6-8-3-2-4-11-8/h2-4,7,9-10H,5-6H2,1H3/t7-/m0/s1. The molecule has 0 amide bonds. The molecule has 2 nitrogen and oxygen atoms in total. The second-order valence-corrected chi connectivity index (χ2v) is 3.59. The van der Waals surface area contributed by atoms with E-state index >= 15 is 0 Å². The highest BCUT2D eigenvalue weighted by molar-refractivity contribution is 7.09. The van der Waals surface area contributed by atoms with Gasteiger partial charge < -0.3 is 10.4 Å². The molecule has 0 aliphatic carbocycles. The maximum absolute atomic E-state index is 8.92. The zero-order valence-corrected chi connectivity index (χ0v) is 7.40. The quantitative estimate of drug-likeness (QED) is 0.714. The summed E-state index contributed by atoms with van der Waals surface area (Å²) in [6, 6.07) is 4.11. The van der Waals surface area contributed by atoms with Crippen molar-refractivity contribution in [1.29, 1.82) is 0 Å². The van der Waals surface area contributed by atoms with E-state index in [0.717, 1.165) is 6.54 Å². The molecule has 0 aliphatic heterocycles. The summed E-state index contributed by atoms with van der Waals surface area (Å²) in [5, 5.41) is 14.1. The smallest absolute Gasteiger partial charge is 0.0636 e. The lowest BCUT2D eigenvalue weighted by Crippen LogP contribution is -2.23. The van der Waals surface area contributed by atoms with Gasteiger partial charge >= 0.3 is 0 Å². The van der Waals surface area contributed by atoms with Crippen LogP contribution in [0.5, 0.6) is 0 Å². The van der Waals surface area contributed by atoms with Gasteiger partial charge in [0.1, 0.15) is 0 Å². The van der Waals surface area contributed by atoms with Gasteiger partial charge in [-0.2, -0.15) is 0 Å². The van der Waals surface area contributed by atoms with E-state index in [2.05, 4.69) is 16.8 Å². The lowest BCUT2D eigenvalue weighted by molar-refractivity contribution is 0.191. The van der Waals surface area contributed by atoms with Crippen LogP contribution < -0.4 is 5.32 Å². The zero-order chi connectivity index (χ0) is 8.10. The number of aliphatic hydroxyl groups excluding tert-OH is 1. The van der Waals surface area contributed by atoms with Crippen molar-refractivity contribution < 1.29 is 5.11 Å². The normalized spacial score (nSPS) is 13.3. The summed E-state index contributed by atoms with van der Waals surface area (Å²) >= 11 is 1.73. The maximum Gasteiger partial charge on any atom is 0.0636 e. The fourth-order valence-corrected chi connectivity index (χ4v) is 1.49. The number of aliphatic hydroxyl groups is 1. The predicted molar refractivity (Wildman–Crippen MR) is 47.7 cm³/mol. The van der Waals surface area contributed by atoms with E-state index in [0.29, 0.717) is 6.54 Å². The fourth-order valence-electron chi connectivity index (χ4n) is 0.817. The van der Waals surface area contributed by atoms with Crippen molar-refractivity contribution in [3.63, 3.8) is 0 Å². The van der Waals surface area contributed by atoms with Crippen LogP contribution in [0.2, 0.25) is 0 Å². The second kappa shape index (κ2) is 4.49. The topological polar surface area (TPSA) is 32.3 Å². The summed E-state index contributed by atoms with van der Waals surface area (Å²) in [4.78, 5) is 1.31. The molecule has 11 heavy (non-hydrogen) atoms. The fraction of sp³-hybridized carbons (Fsp3) is 0.500. The van der Waals surface area contributed by atoms with Crippen molar-refractivity contribution in [2.75, 3.05) is 6.54 Å². The van der Waals surface area contributed by atoms with E-state index in [1.54, 1.807) is 18.3 Å². The Morgan fingerprint density at radius 2 is 2.55 bits per heavy atom. The number of hydrogen-bond donors (Lipinski definition) is 2. The van der Waals surface area contributed by atoms with Gasteiger partial charge in [-0.25, -0.2) is 0 Å². The van der Waals surface area contributed by atoms with E-state index in [-0.39, 0.29) is 6.10 Å². The first-order valence-electron chi connectivity index (χ1n) is 3.70. The molecule has 1 heterocycles. The first-order chi connectivity index (χ1) is 5.29. The van der Waals surface area contributed by atoms with Crippen molar-refractivity contribution in [3.8, 4) is 0 Å². The largest absolute Gasteiger partial charge is 0.392 e. The molecule has 0 bridgehead atoms. The second-order valence-electron chi connectivity index (χ2n) is 2.56. The molecular formula is C8H13NOS. The molecule has 2 N–H and O–H groups in total. The number of hydrogen-bond acceptors (Lipinski definition) is 3. The Kier molecular flexibility index (Phi) is 3.56. The summed E-state index contributed by atoms with van der Waals surface area (Å²) in [5.41, 5.74) is 0. The Morgan fingerprint density at radius 3 is 3.09 bits per heavy atom. The summed E-state index contributed by atoms with van der Waals surface area (Å²) < 4.78 is 0. The van der Waals surface area contributed by atoms with Crippen LogP contribution in [0.25, 0.3) is 0 Å². The van der Waals surface area contributed by atoms with Crippen molar-refractivity contribution in [3.05, 3.63) is 22.4 Å². The van der Waals surface area contributed by atoms with Gasteiger partial charge in [0.25, 0.3) is 0 Å². The molecule has 0 saturated heterocycles. The van der Waals surface area contributed by atoms with Gasteiger partial charge in [0.2, 0.25) is 0 Å². The van der Waals surface area contributed by atoms with E-state index in [1.807, 2.05) is 6.07 Å². The molecule has 1 aromatic heterocycles. The molecule has 0 fully saturated rings. The predicted octanol–water partition coefficient (Wildman–Crippen LogP) is 1.22. The average molecular weight is 171 g/mol. The van der Waals surface area contributed by atoms with Gasteiger partial charge in [-0.1, -0.05) is 6.07 Å². The van der Waals surface area contributed by atoms with Crippen LogP contribution in [-0.4, -0.2) is 17.8 Å². The molecule has 1 atom stereocenters. The summed E-state index contributed by atoms with van der Waals surface area (Å²) in [6.07, 6.45) is -0.255. The van der Waals surface area contributed by atoms with Gasteiger partial charge in [0, 0.05) is 18.0 Å². The van der Waals surface area contributed by atoms with E-state index in [1.165, 1.54) is 4.88 Å². The monoisotopic (exact) mass is 171 g/mol. The van der Waals surface area contributed by atoms with Crippen LogP contribution in [0.15, 0.2) is 17.5 Å². The van der Waals surface area contributed by atoms with E-state index in [9.17, 15) is 0 Å². The molecule has 62 valence electrons. The zero-order valence-electron chi connectivity index (χ0n) is 6.58. The number of nitrogens with one attached hydrogen (secondary N) is 1. The molecule has 0 spiro atoms. The van der Waals surface area contributed by atoms with Gasteiger partial charge in [-0.15, -0.1) is 11.3 Å². The van der Waals surface area contributed by atoms with Crippen molar-refractivity contribution in [1.82, 2.24) is 5.32 Å².